The maximum Gasteiger partial charge on any atom is 0.247 e. The quantitative estimate of drug-likeness (QED) is 0.245. The number of rotatable bonds is 11. The van der Waals surface area contributed by atoms with Crippen LogP contribution in [-0.2, 0) is 22.8 Å². The van der Waals surface area contributed by atoms with Gasteiger partial charge in [0.1, 0.15) is 11.6 Å². The van der Waals surface area contributed by atoms with Crippen molar-refractivity contribution in [3.63, 3.8) is 0 Å². The second-order valence-electron chi connectivity index (χ2n) is 8.72. The molecule has 0 aliphatic heterocycles. The smallest absolute Gasteiger partial charge is 0.247 e. The molecular weight excluding hydrogens is 460 g/mol. The summed E-state index contributed by atoms with van der Waals surface area (Å²) in [6.07, 6.45) is 5.60. The minimum Gasteiger partial charge on any atom is -0.437 e. The van der Waals surface area contributed by atoms with Crippen LogP contribution in [0.4, 0.5) is 0 Å². The van der Waals surface area contributed by atoms with Crippen LogP contribution in [0, 0.1) is 13.8 Å². The van der Waals surface area contributed by atoms with Gasteiger partial charge < -0.3 is 9.30 Å². The van der Waals surface area contributed by atoms with E-state index in [0.717, 1.165) is 66.1 Å². The molecule has 3 heterocycles. The molecule has 0 atom stereocenters. The van der Waals surface area contributed by atoms with E-state index in [9.17, 15) is 8.42 Å². The van der Waals surface area contributed by atoms with Gasteiger partial charge in [-0.25, -0.2) is 23.4 Å². The number of aromatic nitrogens is 4. The number of unbranched alkanes of at least 4 members (excludes halogenated alkanes) is 2. The zero-order chi connectivity index (χ0) is 24.8. The van der Waals surface area contributed by atoms with Gasteiger partial charge in [0.05, 0.1) is 11.3 Å². The van der Waals surface area contributed by atoms with E-state index in [-0.39, 0.29) is 10.8 Å². The number of aryl methyl sites for hydroxylation is 4. The maximum absolute atomic E-state index is 12.5. The van der Waals surface area contributed by atoms with E-state index in [0.29, 0.717) is 12.3 Å². The number of nitrogens with zero attached hydrogens (tertiary/aromatic N) is 4. The normalized spacial score (nSPS) is 11.7. The number of hydrogen-bond donors (Lipinski definition) is 0. The summed E-state index contributed by atoms with van der Waals surface area (Å²) in [4.78, 5) is 13.6. The van der Waals surface area contributed by atoms with Crippen LogP contribution < -0.4 is 4.74 Å². The van der Waals surface area contributed by atoms with Gasteiger partial charge in [0.15, 0.2) is 20.4 Å². The van der Waals surface area contributed by atoms with Crippen LogP contribution in [0.25, 0.3) is 11.0 Å². The lowest BCUT2D eigenvalue weighted by Crippen LogP contribution is -2.09. The second-order valence-corrected chi connectivity index (χ2v) is 10.8. The van der Waals surface area contributed by atoms with E-state index >= 15 is 0 Å². The van der Waals surface area contributed by atoms with Gasteiger partial charge in [-0.1, -0.05) is 37.6 Å². The average Bonchev–Trinajstić information content (AvgIpc) is 3.22. The summed E-state index contributed by atoms with van der Waals surface area (Å²) < 4.78 is 33.4. The Morgan fingerprint density at radius 1 is 0.943 bits per heavy atom. The maximum atomic E-state index is 12.5. The zero-order valence-electron chi connectivity index (χ0n) is 20.6. The molecule has 0 fully saturated rings. The minimum absolute atomic E-state index is 0.105. The molecule has 184 valence electrons. The molecule has 4 aromatic rings. The van der Waals surface area contributed by atoms with Gasteiger partial charge >= 0.3 is 0 Å². The zero-order valence-corrected chi connectivity index (χ0v) is 21.4. The Kier molecular flexibility index (Phi) is 7.80. The molecule has 0 spiro atoms. The predicted octanol–water partition coefficient (Wildman–Crippen LogP) is 5.83. The molecule has 0 unspecified atom stereocenters. The lowest BCUT2D eigenvalue weighted by molar-refractivity contribution is 0.466. The van der Waals surface area contributed by atoms with Gasteiger partial charge in [0.25, 0.3) is 0 Å². The molecule has 1 aromatic carbocycles. The van der Waals surface area contributed by atoms with Crippen LogP contribution in [-0.4, -0.2) is 33.7 Å². The van der Waals surface area contributed by atoms with Crippen molar-refractivity contribution in [1.29, 1.82) is 0 Å². The third-order valence-corrected chi connectivity index (χ3v) is 7.80. The molecule has 0 saturated heterocycles. The first-order valence-corrected chi connectivity index (χ1v) is 13.8. The second kappa shape index (κ2) is 11.0. The van der Waals surface area contributed by atoms with Crippen molar-refractivity contribution in [3.8, 4) is 11.6 Å². The van der Waals surface area contributed by atoms with Crippen LogP contribution in [0.1, 0.15) is 49.7 Å². The first kappa shape index (κ1) is 24.9. The Morgan fingerprint density at radius 3 is 2.43 bits per heavy atom. The summed E-state index contributed by atoms with van der Waals surface area (Å²) >= 11 is 0. The highest BCUT2D eigenvalue weighted by molar-refractivity contribution is 7.91. The highest BCUT2D eigenvalue weighted by Crippen LogP contribution is 2.32. The van der Waals surface area contributed by atoms with E-state index in [1.165, 1.54) is 6.20 Å². The summed E-state index contributed by atoms with van der Waals surface area (Å²) in [6, 6.07) is 14.6. The van der Waals surface area contributed by atoms with E-state index in [2.05, 4.69) is 23.4 Å². The van der Waals surface area contributed by atoms with E-state index < -0.39 is 9.84 Å². The van der Waals surface area contributed by atoms with Crippen molar-refractivity contribution in [2.24, 2.45) is 0 Å². The molecule has 0 amide bonds. The monoisotopic (exact) mass is 492 g/mol. The largest absolute Gasteiger partial charge is 0.437 e. The van der Waals surface area contributed by atoms with Crippen LogP contribution in [0.3, 0.4) is 0 Å². The lowest BCUT2D eigenvalue weighted by atomic mass is 10.2. The summed E-state index contributed by atoms with van der Waals surface area (Å²) in [5.41, 5.74) is 3.83. The number of benzene rings is 1. The number of imidazole rings is 1. The van der Waals surface area contributed by atoms with Crippen molar-refractivity contribution in [3.05, 3.63) is 71.8 Å². The van der Waals surface area contributed by atoms with Gasteiger partial charge in [0.2, 0.25) is 5.88 Å². The van der Waals surface area contributed by atoms with E-state index in [1.54, 1.807) is 18.2 Å². The predicted molar refractivity (Wildman–Crippen MR) is 138 cm³/mol. The Morgan fingerprint density at radius 2 is 1.71 bits per heavy atom. The van der Waals surface area contributed by atoms with Crippen molar-refractivity contribution in [1.82, 2.24) is 19.5 Å². The number of sulfone groups is 1. The Labute approximate surface area is 207 Å². The van der Waals surface area contributed by atoms with Gasteiger partial charge in [-0.3, -0.25) is 0 Å². The van der Waals surface area contributed by atoms with Crippen molar-refractivity contribution in [2.45, 2.75) is 64.4 Å². The third-order valence-electron chi connectivity index (χ3n) is 6.10. The van der Waals surface area contributed by atoms with Crippen molar-refractivity contribution in [2.75, 3.05) is 5.75 Å². The van der Waals surface area contributed by atoms with Crippen LogP contribution >= 0.6 is 0 Å². The van der Waals surface area contributed by atoms with Gasteiger partial charge in [-0.15, -0.1) is 0 Å². The van der Waals surface area contributed by atoms with Gasteiger partial charge in [-0.05, 0) is 62.9 Å². The number of ether oxygens (including phenoxy) is 1. The fourth-order valence-corrected chi connectivity index (χ4v) is 5.49. The summed E-state index contributed by atoms with van der Waals surface area (Å²) in [7, 11) is -3.35. The number of pyridine rings is 2. The summed E-state index contributed by atoms with van der Waals surface area (Å²) in [5, 5.41) is 0.149. The molecule has 8 heteroatoms. The third kappa shape index (κ3) is 5.70. The number of fused-ring (bicyclic) bond motifs is 1. The fraction of sp³-hybridized carbons (Fsp3) is 0.370. The van der Waals surface area contributed by atoms with Gasteiger partial charge in [0, 0.05) is 24.9 Å². The topological polar surface area (TPSA) is 87.0 Å². The fourth-order valence-electron chi connectivity index (χ4n) is 4.19. The molecule has 0 bridgehead atoms. The molecule has 0 saturated carbocycles. The van der Waals surface area contributed by atoms with Crippen LogP contribution in [0.15, 0.2) is 59.8 Å². The number of para-hydroxylation sites is 1. The number of hydrogen-bond acceptors (Lipinski definition) is 6. The lowest BCUT2D eigenvalue weighted by Gasteiger charge is -2.13. The Balaban J connectivity index is 1.53. The molecule has 35 heavy (non-hydrogen) atoms. The molecule has 0 N–H and O–H groups in total. The van der Waals surface area contributed by atoms with Crippen LogP contribution in [0.2, 0.25) is 0 Å². The first-order valence-electron chi connectivity index (χ1n) is 12.1. The molecule has 0 aliphatic rings. The standard InChI is InChI=1S/C27H32N4O3S/c1-4-13-23-30-25-26(20(2)21(3)29-27(25)34-22-14-7-5-8-15-22)31(23)18-11-6-12-19-35(32,33)24-16-9-10-17-28-24/h5,7-10,14-17H,4,6,11-13,18-19H2,1-3H3. The van der Waals surface area contributed by atoms with E-state index in [1.807, 2.05) is 37.3 Å². The SMILES string of the molecule is CCCc1nc2c(Oc3ccccc3)nc(C)c(C)c2n1CCCCCS(=O)(=O)c1ccccn1. The highest BCUT2D eigenvalue weighted by Gasteiger charge is 2.20. The molecule has 7 nitrogen and oxygen atoms in total. The van der Waals surface area contributed by atoms with Crippen LogP contribution in [0.5, 0.6) is 11.6 Å². The Bertz CT molecular complexity index is 1380. The molecule has 3 aromatic heterocycles. The Hall–Kier alpha value is -3.26. The van der Waals surface area contributed by atoms with E-state index in [4.69, 9.17) is 14.7 Å². The van der Waals surface area contributed by atoms with Gasteiger partial charge in [-0.2, -0.15) is 0 Å². The summed E-state index contributed by atoms with van der Waals surface area (Å²) in [6.45, 7) is 6.98. The molecular formula is C27H32N4O3S. The highest BCUT2D eigenvalue weighted by atomic mass is 32.2. The minimum atomic E-state index is -3.35. The average molecular weight is 493 g/mol. The first-order chi connectivity index (χ1) is 16.9. The summed E-state index contributed by atoms with van der Waals surface area (Å²) in [5.74, 6) is 2.36. The molecule has 0 aliphatic carbocycles. The molecule has 0 radical (unpaired) electrons. The van der Waals surface area contributed by atoms with Crippen molar-refractivity contribution >= 4 is 20.9 Å². The molecule has 4 rings (SSSR count). The van der Waals surface area contributed by atoms with Crippen molar-refractivity contribution < 1.29 is 13.2 Å².